The van der Waals surface area contributed by atoms with Crippen molar-refractivity contribution in [2.75, 3.05) is 6.54 Å². The van der Waals surface area contributed by atoms with Crippen molar-refractivity contribution < 1.29 is 4.42 Å². The summed E-state index contributed by atoms with van der Waals surface area (Å²) in [6, 6.07) is 1.96. The van der Waals surface area contributed by atoms with Gasteiger partial charge in [-0.3, -0.25) is 9.69 Å². The standard InChI is InChI=1S/C15H18BrN3O2/c1-2-3-14-17-13-4-5-19(8-12(13)15(20)18-14)7-11-6-10(16)9-21-11/h6,9H,2-5,7-8H2,1H3,(H,17,18,20). The Hall–Kier alpha value is -1.40. The molecule has 0 saturated carbocycles. The minimum atomic E-state index is 0.00813. The molecule has 21 heavy (non-hydrogen) atoms. The molecule has 0 unspecified atom stereocenters. The highest BCUT2D eigenvalue weighted by Gasteiger charge is 2.21. The van der Waals surface area contributed by atoms with E-state index in [1.54, 1.807) is 6.26 Å². The first-order valence-electron chi connectivity index (χ1n) is 7.22. The third kappa shape index (κ3) is 3.27. The summed E-state index contributed by atoms with van der Waals surface area (Å²) in [6.07, 6.45) is 4.31. The Bertz CT molecular complexity index is 692. The largest absolute Gasteiger partial charge is 0.467 e. The van der Waals surface area contributed by atoms with Crippen molar-refractivity contribution >= 4 is 15.9 Å². The highest BCUT2D eigenvalue weighted by atomic mass is 79.9. The quantitative estimate of drug-likeness (QED) is 0.919. The van der Waals surface area contributed by atoms with Crippen molar-refractivity contribution in [2.24, 2.45) is 0 Å². The maximum atomic E-state index is 12.2. The van der Waals surface area contributed by atoms with Crippen LogP contribution in [-0.4, -0.2) is 21.4 Å². The number of hydrogen-bond donors (Lipinski definition) is 1. The number of hydrogen-bond acceptors (Lipinski definition) is 4. The van der Waals surface area contributed by atoms with Gasteiger partial charge in [0.25, 0.3) is 5.56 Å². The van der Waals surface area contributed by atoms with Crippen LogP contribution >= 0.6 is 15.9 Å². The first-order valence-corrected chi connectivity index (χ1v) is 8.01. The molecule has 0 aromatic carbocycles. The minimum Gasteiger partial charge on any atom is -0.467 e. The predicted octanol–water partition coefficient (Wildman–Crippen LogP) is 2.64. The summed E-state index contributed by atoms with van der Waals surface area (Å²) in [5.41, 5.74) is 1.76. The fraction of sp³-hybridized carbons (Fsp3) is 0.467. The Balaban J connectivity index is 1.77. The van der Waals surface area contributed by atoms with Gasteiger partial charge < -0.3 is 9.40 Å². The van der Waals surface area contributed by atoms with Crippen LogP contribution in [0.3, 0.4) is 0 Å². The SMILES string of the molecule is CCCc1nc2c(c(=O)[nH]1)CN(Cc1cc(Br)co1)CC2. The van der Waals surface area contributed by atoms with E-state index in [2.05, 4.69) is 37.7 Å². The smallest absolute Gasteiger partial charge is 0.255 e. The van der Waals surface area contributed by atoms with Gasteiger partial charge in [-0.2, -0.15) is 0 Å². The molecule has 112 valence electrons. The van der Waals surface area contributed by atoms with E-state index < -0.39 is 0 Å². The first-order chi connectivity index (χ1) is 10.2. The normalized spacial score (nSPS) is 15.1. The molecular weight excluding hydrogens is 334 g/mol. The number of fused-ring (bicyclic) bond motifs is 1. The number of nitrogens with zero attached hydrogens (tertiary/aromatic N) is 2. The van der Waals surface area contributed by atoms with Crippen LogP contribution in [0.4, 0.5) is 0 Å². The van der Waals surface area contributed by atoms with E-state index in [1.165, 1.54) is 0 Å². The van der Waals surface area contributed by atoms with Crippen LogP contribution < -0.4 is 5.56 Å². The number of aryl methyl sites for hydroxylation is 1. The second kappa shape index (κ2) is 6.15. The maximum absolute atomic E-state index is 12.2. The maximum Gasteiger partial charge on any atom is 0.255 e. The molecule has 6 heteroatoms. The Labute approximate surface area is 131 Å². The van der Waals surface area contributed by atoms with Gasteiger partial charge in [0, 0.05) is 25.9 Å². The summed E-state index contributed by atoms with van der Waals surface area (Å²) in [7, 11) is 0. The number of aromatic amines is 1. The molecule has 3 heterocycles. The Morgan fingerprint density at radius 2 is 2.38 bits per heavy atom. The Morgan fingerprint density at radius 1 is 1.52 bits per heavy atom. The Kier molecular flexibility index (Phi) is 4.26. The van der Waals surface area contributed by atoms with Gasteiger partial charge in [-0.1, -0.05) is 6.92 Å². The van der Waals surface area contributed by atoms with E-state index in [4.69, 9.17) is 4.42 Å². The van der Waals surface area contributed by atoms with E-state index in [9.17, 15) is 4.79 Å². The van der Waals surface area contributed by atoms with Crippen molar-refractivity contribution in [3.63, 3.8) is 0 Å². The molecule has 1 N–H and O–H groups in total. The molecule has 0 fully saturated rings. The van der Waals surface area contributed by atoms with Crippen molar-refractivity contribution in [1.82, 2.24) is 14.9 Å². The van der Waals surface area contributed by atoms with Crippen LogP contribution in [0.15, 0.2) is 26.0 Å². The van der Waals surface area contributed by atoms with Gasteiger partial charge in [-0.15, -0.1) is 0 Å². The number of aromatic nitrogens is 2. The average molecular weight is 352 g/mol. The zero-order valence-electron chi connectivity index (χ0n) is 12.0. The second-order valence-corrected chi connectivity index (χ2v) is 6.30. The highest BCUT2D eigenvalue weighted by molar-refractivity contribution is 9.10. The third-order valence-electron chi connectivity index (χ3n) is 3.68. The van der Waals surface area contributed by atoms with Crippen LogP contribution in [0.5, 0.6) is 0 Å². The fourth-order valence-corrected chi connectivity index (χ4v) is 3.03. The third-order valence-corrected chi connectivity index (χ3v) is 4.10. The van der Waals surface area contributed by atoms with Gasteiger partial charge in [-0.25, -0.2) is 4.98 Å². The van der Waals surface area contributed by atoms with Crippen molar-refractivity contribution in [3.05, 3.63) is 50.0 Å². The molecule has 0 spiro atoms. The van der Waals surface area contributed by atoms with Crippen molar-refractivity contribution in [1.29, 1.82) is 0 Å². The van der Waals surface area contributed by atoms with Crippen LogP contribution in [0, 0.1) is 0 Å². The molecule has 0 amide bonds. The van der Waals surface area contributed by atoms with E-state index in [0.29, 0.717) is 13.1 Å². The van der Waals surface area contributed by atoms with Crippen LogP contribution in [0.1, 0.15) is 36.2 Å². The molecule has 0 saturated heterocycles. The molecule has 0 aliphatic carbocycles. The zero-order chi connectivity index (χ0) is 14.8. The lowest BCUT2D eigenvalue weighted by Crippen LogP contribution is -2.35. The molecule has 2 aromatic rings. The lowest BCUT2D eigenvalue weighted by molar-refractivity contribution is 0.222. The van der Waals surface area contributed by atoms with Gasteiger partial charge in [0.2, 0.25) is 0 Å². The number of halogens is 1. The topological polar surface area (TPSA) is 62.1 Å². The number of furan rings is 1. The lowest BCUT2D eigenvalue weighted by Gasteiger charge is -2.26. The van der Waals surface area contributed by atoms with Gasteiger partial charge in [-0.05, 0) is 28.4 Å². The van der Waals surface area contributed by atoms with Gasteiger partial charge in [0.1, 0.15) is 17.8 Å². The zero-order valence-corrected chi connectivity index (χ0v) is 13.6. The summed E-state index contributed by atoms with van der Waals surface area (Å²) in [4.78, 5) is 21.9. The summed E-state index contributed by atoms with van der Waals surface area (Å²) in [5, 5.41) is 0. The van der Waals surface area contributed by atoms with Crippen LogP contribution in [0.2, 0.25) is 0 Å². The molecule has 1 aliphatic rings. The minimum absolute atomic E-state index is 0.00813. The molecule has 3 rings (SSSR count). The molecule has 0 atom stereocenters. The van der Waals surface area contributed by atoms with E-state index in [0.717, 1.165) is 53.1 Å². The van der Waals surface area contributed by atoms with Crippen molar-refractivity contribution in [3.8, 4) is 0 Å². The van der Waals surface area contributed by atoms with Gasteiger partial charge >= 0.3 is 0 Å². The van der Waals surface area contributed by atoms with E-state index in [1.807, 2.05) is 6.07 Å². The van der Waals surface area contributed by atoms with Gasteiger partial charge in [0.15, 0.2) is 0 Å². The predicted molar refractivity (Wildman–Crippen MR) is 83.1 cm³/mol. The van der Waals surface area contributed by atoms with Gasteiger partial charge in [0.05, 0.1) is 22.3 Å². The summed E-state index contributed by atoms with van der Waals surface area (Å²) in [5.74, 6) is 1.71. The van der Waals surface area contributed by atoms with E-state index in [-0.39, 0.29) is 5.56 Å². The summed E-state index contributed by atoms with van der Waals surface area (Å²) in [6.45, 7) is 4.32. The monoisotopic (exact) mass is 351 g/mol. The van der Waals surface area contributed by atoms with Crippen molar-refractivity contribution in [2.45, 2.75) is 39.3 Å². The molecule has 0 bridgehead atoms. The second-order valence-electron chi connectivity index (χ2n) is 5.38. The van der Waals surface area contributed by atoms with E-state index >= 15 is 0 Å². The highest BCUT2D eigenvalue weighted by Crippen LogP contribution is 2.19. The Morgan fingerprint density at radius 3 is 3.10 bits per heavy atom. The molecule has 1 aliphatic heterocycles. The molecule has 5 nitrogen and oxygen atoms in total. The first kappa shape index (κ1) is 14.5. The molecular formula is C15H18BrN3O2. The lowest BCUT2D eigenvalue weighted by atomic mass is 10.1. The fourth-order valence-electron chi connectivity index (χ4n) is 2.68. The number of nitrogens with one attached hydrogen (secondary N) is 1. The molecule has 2 aromatic heterocycles. The van der Waals surface area contributed by atoms with Crippen LogP contribution in [-0.2, 0) is 25.9 Å². The summed E-state index contributed by atoms with van der Waals surface area (Å²) < 4.78 is 6.39. The van der Waals surface area contributed by atoms with Crippen LogP contribution in [0.25, 0.3) is 0 Å². The number of rotatable bonds is 4. The summed E-state index contributed by atoms with van der Waals surface area (Å²) >= 11 is 3.38. The number of H-pyrrole nitrogens is 1. The molecule has 0 radical (unpaired) electrons. The average Bonchev–Trinajstić information content (AvgIpc) is 2.85.